The number of hydrogen-bond donors (Lipinski definition) is 1. The topological polar surface area (TPSA) is 92.9 Å². The lowest BCUT2D eigenvalue weighted by atomic mass is 9.68. The first-order chi connectivity index (χ1) is 17.2. The van der Waals surface area contributed by atoms with Crippen LogP contribution in [0.4, 0.5) is 4.79 Å². The number of ether oxygens (including phenoxy) is 1. The van der Waals surface area contributed by atoms with Gasteiger partial charge in [-0.25, -0.2) is 13.2 Å². The Morgan fingerprint density at radius 1 is 1.14 bits per heavy atom. The second-order valence-electron chi connectivity index (χ2n) is 9.97. The maximum Gasteiger partial charge on any atom is 0.320 e. The van der Waals surface area contributed by atoms with Gasteiger partial charge in [0.2, 0.25) is 0 Å². The summed E-state index contributed by atoms with van der Waals surface area (Å²) < 4.78 is 29.5. The van der Waals surface area contributed by atoms with Crippen molar-refractivity contribution < 1.29 is 17.9 Å². The van der Waals surface area contributed by atoms with Crippen molar-refractivity contribution in [3.8, 4) is 0 Å². The lowest BCUT2D eigenvalue weighted by molar-refractivity contribution is 0.0351. The van der Waals surface area contributed by atoms with Crippen molar-refractivity contribution in [3.63, 3.8) is 0 Å². The van der Waals surface area contributed by atoms with E-state index in [0.717, 1.165) is 31.2 Å². The third-order valence-electron chi connectivity index (χ3n) is 7.68. The predicted molar refractivity (Wildman–Crippen MR) is 142 cm³/mol. The molecule has 1 aliphatic carbocycles. The second kappa shape index (κ2) is 11.5. The van der Waals surface area contributed by atoms with Crippen LogP contribution in [0.15, 0.2) is 53.4 Å². The number of nitrogens with two attached hydrogens (primary N) is 1. The van der Waals surface area contributed by atoms with Crippen molar-refractivity contribution in [2.75, 3.05) is 45.6 Å². The zero-order chi connectivity index (χ0) is 25.8. The minimum absolute atomic E-state index is 0.0329. The number of rotatable bonds is 7. The van der Waals surface area contributed by atoms with E-state index >= 15 is 0 Å². The van der Waals surface area contributed by atoms with Crippen LogP contribution in [0.2, 0.25) is 5.02 Å². The van der Waals surface area contributed by atoms with E-state index in [1.807, 2.05) is 34.1 Å². The standard InChI is InChI=1S/C27H36ClN3O4S/c1-36(33,34)25-7-2-4-21(18-25)10-13-31(26(32)30-14-16-35-17-15-30)24-8-11-27(20-29,12-9-24)22-5-3-6-23(28)19-22/h2-7,18-19,24H,8-17,20,29H2,1H3. The highest BCUT2D eigenvalue weighted by Crippen LogP contribution is 2.41. The Morgan fingerprint density at radius 2 is 1.83 bits per heavy atom. The van der Waals surface area contributed by atoms with Gasteiger partial charge in [0.25, 0.3) is 0 Å². The normalized spacial score (nSPS) is 22.9. The summed E-state index contributed by atoms with van der Waals surface area (Å²) in [6.45, 7) is 3.33. The van der Waals surface area contributed by atoms with Gasteiger partial charge < -0.3 is 20.3 Å². The summed E-state index contributed by atoms with van der Waals surface area (Å²) in [6, 6.07) is 15.1. The molecule has 0 unspecified atom stereocenters. The molecule has 196 valence electrons. The van der Waals surface area contributed by atoms with Crippen LogP contribution in [0.1, 0.15) is 36.8 Å². The van der Waals surface area contributed by atoms with Crippen molar-refractivity contribution in [2.24, 2.45) is 5.73 Å². The van der Waals surface area contributed by atoms with E-state index in [2.05, 4.69) is 6.07 Å². The molecule has 2 aromatic rings. The number of halogens is 1. The average molecular weight is 534 g/mol. The number of carbonyl (C=O) groups is 1. The second-order valence-corrected chi connectivity index (χ2v) is 12.4. The maximum absolute atomic E-state index is 13.6. The molecule has 0 spiro atoms. The molecule has 0 atom stereocenters. The molecule has 0 bridgehead atoms. The fraction of sp³-hybridized carbons (Fsp3) is 0.519. The summed E-state index contributed by atoms with van der Waals surface area (Å²) in [5, 5.41) is 0.711. The third-order valence-corrected chi connectivity index (χ3v) is 9.02. The van der Waals surface area contributed by atoms with E-state index in [1.54, 1.807) is 18.2 Å². The van der Waals surface area contributed by atoms with E-state index in [9.17, 15) is 13.2 Å². The van der Waals surface area contributed by atoms with Gasteiger partial charge in [-0.1, -0.05) is 35.9 Å². The summed E-state index contributed by atoms with van der Waals surface area (Å²) in [5.74, 6) is 0. The van der Waals surface area contributed by atoms with Crippen LogP contribution < -0.4 is 5.73 Å². The quantitative estimate of drug-likeness (QED) is 0.583. The van der Waals surface area contributed by atoms with Gasteiger partial charge in [-0.15, -0.1) is 0 Å². The predicted octanol–water partition coefficient (Wildman–Crippen LogP) is 3.88. The minimum atomic E-state index is -3.29. The molecule has 36 heavy (non-hydrogen) atoms. The van der Waals surface area contributed by atoms with E-state index in [-0.39, 0.29) is 17.5 Å². The van der Waals surface area contributed by atoms with Gasteiger partial charge in [0.15, 0.2) is 9.84 Å². The lowest BCUT2D eigenvalue weighted by Crippen LogP contribution is -2.54. The summed E-state index contributed by atoms with van der Waals surface area (Å²) in [7, 11) is -3.29. The Morgan fingerprint density at radius 3 is 2.47 bits per heavy atom. The van der Waals surface area contributed by atoms with Crippen LogP contribution in [-0.2, 0) is 26.4 Å². The van der Waals surface area contributed by atoms with Gasteiger partial charge in [0.05, 0.1) is 18.1 Å². The van der Waals surface area contributed by atoms with E-state index in [4.69, 9.17) is 22.1 Å². The molecule has 1 saturated carbocycles. The number of urea groups is 1. The first-order valence-electron chi connectivity index (χ1n) is 12.6. The van der Waals surface area contributed by atoms with Crippen LogP contribution >= 0.6 is 11.6 Å². The molecule has 2 aromatic carbocycles. The van der Waals surface area contributed by atoms with Crippen LogP contribution in [0.3, 0.4) is 0 Å². The van der Waals surface area contributed by atoms with Crippen molar-refractivity contribution in [3.05, 3.63) is 64.7 Å². The number of benzene rings is 2. The highest BCUT2D eigenvalue weighted by atomic mass is 35.5. The summed E-state index contributed by atoms with van der Waals surface area (Å²) in [4.78, 5) is 17.8. The SMILES string of the molecule is CS(=O)(=O)c1cccc(CCN(C(=O)N2CCOCC2)C2CCC(CN)(c3cccc(Cl)c3)CC2)c1. The molecular weight excluding hydrogens is 498 g/mol. The smallest absolute Gasteiger partial charge is 0.320 e. The Balaban J connectivity index is 1.52. The molecule has 1 heterocycles. The van der Waals surface area contributed by atoms with Crippen molar-refractivity contribution in [2.45, 2.75) is 48.5 Å². The highest BCUT2D eigenvalue weighted by molar-refractivity contribution is 7.90. The Labute approximate surface area is 219 Å². The Bertz CT molecular complexity index is 1160. The number of hydrogen-bond acceptors (Lipinski definition) is 5. The molecule has 4 rings (SSSR count). The van der Waals surface area contributed by atoms with E-state index in [0.29, 0.717) is 55.7 Å². The summed E-state index contributed by atoms with van der Waals surface area (Å²) in [6.07, 6.45) is 5.26. The van der Waals surface area contributed by atoms with Gasteiger partial charge >= 0.3 is 6.03 Å². The maximum atomic E-state index is 13.6. The third kappa shape index (κ3) is 6.22. The number of amides is 2. The molecule has 2 fully saturated rings. The fourth-order valence-corrected chi connectivity index (χ4v) is 6.33. The molecular formula is C27H36ClN3O4S. The first kappa shape index (κ1) is 26.9. The summed E-state index contributed by atoms with van der Waals surface area (Å²) >= 11 is 6.28. The van der Waals surface area contributed by atoms with Crippen LogP contribution in [-0.4, -0.2) is 75.9 Å². The van der Waals surface area contributed by atoms with Gasteiger partial charge in [-0.05, 0) is 67.5 Å². The van der Waals surface area contributed by atoms with Crippen LogP contribution in [0.5, 0.6) is 0 Å². The number of nitrogens with zero attached hydrogens (tertiary/aromatic N) is 2. The lowest BCUT2D eigenvalue weighted by Gasteiger charge is -2.45. The van der Waals surface area contributed by atoms with Crippen molar-refractivity contribution >= 4 is 27.5 Å². The molecule has 0 radical (unpaired) electrons. The number of carbonyl (C=O) groups excluding carboxylic acids is 1. The zero-order valence-electron chi connectivity index (χ0n) is 20.9. The van der Waals surface area contributed by atoms with E-state index in [1.165, 1.54) is 11.8 Å². The van der Waals surface area contributed by atoms with Crippen LogP contribution in [0, 0.1) is 0 Å². The van der Waals surface area contributed by atoms with Gasteiger partial charge in [-0.2, -0.15) is 0 Å². The monoisotopic (exact) mass is 533 g/mol. The molecule has 1 aliphatic heterocycles. The molecule has 2 aliphatic rings. The highest BCUT2D eigenvalue weighted by Gasteiger charge is 2.39. The summed E-state index contributed by atoms with van der Waals surface area (Å²) in [5.41, 5.74) is 8.24. The first-order valence-corrected chi connectivity index (χ1v) is 14.9. The number of sulfone groups is 1. The molecule has 9 heteroatoms. The van der Waals surface area contributed by atoms with Crippen molar-refractivity contribution in [1.82, 2.24) is 9.80 Å². The van der Waals surface area contributed by atoms with E-state index < -0.39 is 9.84 Å². The van der Waals surface area contributed by atoms with Gasteiger partial charge in [0, 0.05) is 48.9 Å². The number of morpholine rings is 1. The van der Waals surface area contributed by atoms with Gasteiger partial charge in [-0.3, -0.25) is 0 Å². The largest absolute Gasteiger partial charge is 0.378 e. The minimum Gasteiger partial charge on any atom is -0.378 e. The molecule has 2 amide bonds. The van der Waals surface area contributed by atoms with Crippen molar-refractivity contribution in [1.29, 1.82) is 0 Å². The zero-order valence-corrected chi connectivity index (χ0v) is 22.4. The molecule has 1 saturated heterocycles. The average Bonchev–Trinajstić information content (AvgIpc) is 2.89. The Kier molecular flexibility index (Phi) is 8.60. The molecule has 7 nitrogen and oxygen atoms in total. The van der Waals surface area contributed by atoms with Gasteiger partial charge in [0.1, 0.15) is 0 Å². The Hall–Kier alpha value is -2.13. The molecule has 0 aromatic heterocycles. The fourth-order valence-electron chi connectivity index (χ4n) is 5.45. The molecule has 2 N–H and O–H groups in total. The van der Waals surface area contributed by atoms with Crippen LogP contribution in [0.25, 0.3) is 0 Å².